The van der Waals surface area contributed by atoms with Crippen molar-refractivity contribution in [2.24, 2.45) is 0 Å². The van der Waals surface area contributed by atoms with E-state index in [2.05, 4.69) is 15.5 Å². The minimum Gasteiger partial charge on any atom is -0.484 e. The number of anilines is 1. The van der Waals surface area contributed by atoms with Gasteiger partial charge in [0, 0.05) is 31.3 Å². The number of rotatable bonds is 9. The van der Waals surface area contributed by atoms with Gasteiger partial charge in [-0.1, -0.05) is 19.0 Å². The van der Waals surface area contributed by atoms with E-state index in [9.17, 15) is 13.2 Å². The van der Waals surface area contributed by atoms with E-state index >= 15 is 0 Å². The molecule has 0 spiro atoms. The number of aryl methyl sites for hydroxylation is 1. The maximum absolute atomic E-state index is 12.5. The van der Waals surface area contributed by atoms with Crippen molar-refractivity contribution in [3.8, 4) is 17.1 Å². The van der Waals surface area contributed by atoms with Crippen LogP contribution in [0.1, 0.15) is 19.7 Å². The average molecular weight is 445 g/mol. The second kappa shape index (κ2) is 9.71. The van der Waals surface area contributed by atoms with Crippen molar-refractivity contribution in [3.05, 3.63) is 54.4 Å². The van der Waals surface area contributed by atoms with E-state index in [1.54, 1.807) is 57.2 Å². The summed E-state index contributed by atoms with van der Waals surface area (Å²) in [7, 11) is -3.53. The van der Waals surface area contributed by atoms with Crippen LogP contribution in [-0.2, 0) is 14.8 Å². The van der Waals surface area contributed by atoms with Crippen LogP contribution in [0.25, 0.3) is 11.4 Å². The Kier molecular flexibility index (Phi) is 7.03. The fourth-order valence-electron chi connectivity index (χ4n) is 2.89. The summed E-state index contributed by atoms with van der Waals surface area (Å²) in [6.45, 7) is 5.88. The molecular weight excluding hydrogens is 420 g/mol. The van der Waals surface area contributed by atoms with Crippen LogP contribution in [0.4, 0.5) is 5.69 Å². The van der Waals surface area contributed by atoms with Gasteiger partial charge in [0.25, 0.3) is 5.91 Å². The molecule has 0 saturated heterocycles. The second-order valence-corrected chi connectivity index (χ2v) is 8.55. The number of nitrogens with one attached hydrogen (secondary N) is 1. The van der Waals surface area contributed by atoms with Crippen LogP contribution >= 0.6 is 0 Å². The molecule has 9 nitrogen and oxygen atoms in total. The predicted molar refractivity (Wildman–Crippen MR) is 115 cm³/mol. The summed E-state index contributed by atoms with van der Waals surface area (Å²) in [5, 5.41) is 6.53. The monoisotopic (exact) mass is 444 g/mol. The fraction of sp³-hybridized carbons (Fsp3) is 0.286. The highest BCUT2D eigenvalue weighted by molar-refractivity contribution is 7.89. The molecule has 3 aromatic rings. The van der Waals surface area contributed by atoms with E-state index in [4.69, 9.17) is 9.26 Å². The Hall–Kier alpha value is -3.24. The molecule has 0 radical (unpaired) electrons. The lowest BCUT2D eigenvalue weighted by Crippen LogP contribution is -2.30. The molecule has 1 amide bonds. The Balaban J connectivity index is 1.55. The summed E-state index contributed by atoms with van der Waals surface area (Å²) in [5.41, 5.74) is 1.25. The normalized spacial score (nSPS) is 11.5. The van der Waals surface area contributed by atoms with Crippen molar-refractivity contribution in [1.29, 1.82) is 0 Å². The Morgan fingerprint density at radius 1 is 1.06 bits per heavy atom. The first kappa shape index (κ1) is 22.4. The topological polar surface area (TPSA) is 115 Å². The molecule has 2 aromatic carbocycles. The molecule has 0 saturated carbocycles. The third kappa shape index (κ3) is 5.47. The van der Waals surface area contributed by atoms with Gasteiger partial charge in [-0.15, -0.1) is 0 Å². The van der Waals surface area contributed by atoms with Gasteiger partial charge in [-0.2, -0.15) is 9.29 Å². The molecule has 3 rings (SSSR count). The number of nitrogens with zero attached hydrogens (tertiary/aromatic N) is 3. The lowest BCUT2D eigenvalue weighted by molar-refractivity contribution is -0.118. The lowest BCUT2D eigenvalue weighted by Gasteiger charge is -2.18. The summed E-state index contributed by atoms with van der Waals surface area (Å²) < 4.78 is 36.8. The van der Waals surface area contributed by atoms with Gasteiger partial charge in [-0.05, 0) is 48.5 Å². The number of hydrogen-bond donors (Lipinski definition) is 1. The number of aromatic nitrogens is 2. The van der Waals surface area contributed by atoms with Gasteiger partial charge >= 0.3 is 0 Å². The molecule has 0 atom stereocenters. The van der Waals surface area contributed by atoms with Gasteiger partial charge in [-0.25, -0.2) is 8.42 Å². The highest BCUT2D eigenvalue weighted by Crippen LogP contribution is 2.20. The van der Waals surface area contributed by atoms with Gasteiger partial charge in [0.2, 0.25) is 21.7 Å². The zero-order chi connectivity index (χ0) is 22.4. The van der Waals surface area contributed by atoms with Crippen molar-refractivity contribution in [1.82, 2.24) is 14.4 Å². The quantitative estimate of drug-likeness (QED) is 0.539. The number of hydrogen-bond acceptors (Lipinski definition) is 7. The Bertz CT molecular complexity index is 1120. The van der Waals surface area contributed by atoms with E-state index in [0.717, 1.165) is 5.56 Å². The zero-order valence-corrected chi connectivity index (χ0v) is 18.3. The average Bonchev–Trinajstić information content (AvgIpc) is 3.20. The van der Waals surface area contributed by atoms with Crippen LogP contribution in [0.3, 0.4) is 0 Å². The summed E-state index contributed by atoms with van der Waals surface area (Å²) in [6.07, 6.45) is 0. The highest BCUT2D eigenvalue weighted by Gasteiger charge is 2.21. The molecule has 0 aliphatic rings. The fourth-order valence-corrected chi connectivity index (χ4v) is 4.34. The molecule has 1 heterocycles. The summed E-state index contributed by atoms with van der Waals surface area (Å²) in [6, 6.07) is 13.0. The number of carbonyl (C=O) groups is 1. The maximum Gasteiger partial charge on any atom is 0.262 e. The van der Waals surface area contributed by atoms with E-state index in [1.807, 2.05) is 0 Å². The summed E-state index contributed by atoms with van der Waals surface area (Å²) >= 11 is 0. The smallest absolute Gasteiger partial charge is 0.262 e. The molecule has 1 aromatic heterocycles. The van der Waals surface area contributed by atoms with Crippen LogP contribution in [0.2, 0.25) is 0 Å². The van der Waals surface area contributed by atoms with Crippen molar-refractivity contribution in [3.63, 3.8) is 0 Å². The molecule has 0 fully saturated rings. The number of amides is 1. The van der Waals surface area contributed by atoms with Crippen LogP contribution < -0.4 is 10.1 Å². The Morgan fingerprint density at radius 3 is 2.26 bits per heavy atom. The first-order valence-corrected chi connectivity index (χ1v) is 11.2. The zero-order valence-electron chi connectivity index (χ0n) is 17.5. The van der Waals surface area contributed by atoms with Crippen LogP contribution in [0.5, 0.6) is 5.75 Å². The molecule has 31 heavy (non-hydrogen) atoms. The predicted octanol–water partition coefficient (Wildman–Crippen LogP) is 3.09. The van der Waals surface area contributed by atoms with E-state index in [-0.39, 0.29) is 17.4 Å². The molecule has 0 aliphatic heterocycles. The second-order valence-electron chi connectivity index (χ2n) is 6.61. The lowest BCUT2D eigenvalue weighted by atomic mass is 10.2. The van der Waals surface area contributed by atoms with Crippen LogP contribution in [-0.4, -0.2) is 48.5 Å². The third-order valence-corrected chi connectivity index (χ3v) is 6.56. The molecule has 0 aliphatic carbocycles. The van der Waals surface area contributed by atoms with Gasteiger partial charge < -0.3 is 14.6 Å². The molecular formula is C21H24N4O5S. The number of ether oxygens (including phenoxy) is 1. The Labute approximate surface area is 181 Å². The highest BCUT2D eigenvalue weighted by atomic mass is 32.2. The summed E-state index contributed by atoms with van der Waals surface area (Å²) in [5.74, 6) is 1.11. The van der Waals surface area contributed by atoms with Gasteiger partial charge in [0.15, 0.2) is 6.61 Å². The van der Waals surface area contributed by atoms with Crippen LogP contribution in [0.15, 0.2) is 57.9 Å². The van der Waals surface area contributed by atoms with Crippen LogP contribution in [0, 0.1) is 6.92 Å². The first-order chi connectivity index (χ1) is 14.8. The molecule has 0 bridgehead atoms. The molecule has 10 heteroatoms. The number of sulfonamides is 1. The van der Waals surface area contributed by atoms with Gasteiger partial charge in [0.1, 0.15) is 5.75 Å². The van der Waals surface area contributed by atoms with Crippen molar-refractivity contribution in [2.75, 3.05) is 25.0 Å². The number of carbonyl (C=O) groups excluding carboxylic acids is 1. The molecule has 0 unspecified atom stereocenters. The maximum atomic E-state index is 12.5. The van der Waals surface area contributed by atoms with Gasteiger partial charge in [0.05, 0.1) is 4.90 Å². The van der Waals surface area contributed by atoms with E-state index < -0.39 is 10.0 Å². The minimum atomic E-state index is -3.53. The SMILES string of the molecule is CCN(CC)S(=O)(=O)c1ccc(NC(=O)COc2ccc(-c3noc(C)n3)cc2)cc1. The Morgan fingerprint density at radius 2 is 1.71 bits per heavy atom. The van der Waals surface area contributed by atoms with E-state index in [0.29, 0.717) is 36.2 Å². The van der Waals surface area contributed by atoms with E-state index in [1.165, 1.54) is 16.4 Å². The standard InChI is InChI=1S/C21H24N4O5S/c1-4-25(5-2)31(27,28)19-12-8-17(9-13-19)23-20(26)14-29-18-10-6-16(7-11-18)21-22-15(3)30-24-21/h6-13H,4-5,14H2,1-3H3,(H,23,26). The molecule has 1 N–H and O–H groups in total. The first-order valence-electron chi connectivity index (χ1n) is 9.77. The van der Waals surface area contributed by atoms with Crippen molar-refractivity contribution < 1.29 is 22.5 Å². The number of benzene rings is 2. The largest absolute Gasteiger partial charge is 0.484 e. The van der Waals surface area contributed by atoms with Gasteiger partial charge in [-0.3, -0.25) is 4.79 Å². The molecule has 164 valence electrons. The van der Waals surface area contributed by atoms with Crippen molar-refractivity contribution >= 4 is 21.6 Å². The summed E-state index contributed by atoms with van der Waals surface area (Å²) in [4.78, 5) is 16.5. The third-order valence-electron chi connectivity index (χ3n) is 4.49. The minimum absolute atomic E-state index is 0.183. The van der Waals surface area contributed by atoms with Crippen molar-refractivity contribution in [2.45, 2.75) is 25.7 Å².